The molecule has 0 bridgehead atoms. The maximum Gasteiger partial charge on any atom is 0.219 e. The van der Waals surface area contributed by atoms with Gasteiger partial charge in [-0.25, -0.2) is 0 Å². The number of halogens is 3. The van der Waals surface area contributed by atoms with E-state index in [0.717, 1.165) is 16.7 Å². The molecule has 1 aliphatic rings. The molecule has 2 atom stereocenters. The lowest BCUT2D eigenvalue weighted by Crippen LogP contribution is -2.56. The monoisotopic (exact) mass is 517 g/mol. The van der Waals surface area contributed by atoms with E-state index in [9.17, 15) is 4.79 Å². The molecular weight excluding hydrogens is 493 g/mol. The minimum Gasteiger partial charge on any atom is -0.368 e. The molecule has 0 aliphatic carbocycles. The fourth-order valence-corrected chi connectivity index (χ4v) is 4.74. The van der Waals surface area contributed by atoms with Gasteiger partial charge in [0, 0.05) is 24.9 Å². The fourth-order valence-electron chi connectivity index (χ4n) is 4.30. The minimum atomic E-state index is -0.761. The number of hydrogen-bond donors (Lipinski definition) is 0. The summed E-state index contributed by atoms with van der Waals surface area (Å²) in [5.41, 5.74) is 2.16. The first-order valence-electron chi connectivity index (χ1n) is 11.1. The lowest BCUT2D eigenvalue weighted by molar-refractivity contribution is -0.195. The van der Waals surface area contributed by atoms with Crippen LogP contribution in [0.4, 0.5) is 0 Å². The van der Waals surface area contributed by atoms with Gasteiger partial charge in [0.2, 0.25) is 5.91 Å². The van der Waals surface area contributed by atoms with Crippen LogP contribution in [0.3, 0.4) is 0 Å². The van der Waals surface area contributed by atoms with Gasteiger partial charge in [0.05, 0.1) is 29.8 Å². The predicted octanol–water partition coefficient (Wildman–Crippen LogP) is 6.90. The Morgan fingerprint density at radius 2 is 1.68 bits per heavy atom. The van der Waals surface area contributed by atoms with Crippen molar-refractivity contribution in [2.24, 2.45) is 0 Å². The van der Waals surface area contributed by atoms with Crippen molar-refractivity contribution in [2.75, 3.05) is 13.1 Å². The standard InChI is InChI=1S/C27H26Cl3NO3/c1-19(32)31-14-13-27(22-8-10-23(28)11-9-22,34-18-20-5-3-2-4-6-20)26(16-31)33-17-21-7-12-24(29)25(30)15-21/h2-12,15,26H,13-14,16-18H2,1H3/t26-,27+/m0/s1. The summed E-state index contributed by atoms with van der Waals surface area (Å²) in [4.78, 5) is 14.1. The van der Waals surface area contributed by atoms with Gasteiger partial charge < -0.3 is 14.4 Å². The number of likely N-dealkylation sites (tertiary alicyclic amines) is 1. The van der Waals surface area contributed by atoms with Gasteiger partial charge in [-0.2, -0.15) is 0 Å². The molecule has 0 aromatic heterocycles. The summed E-state index contributed by atoms with van der Waals surface area (Å²) in [5.74, 6) is 0.0101. The highest BCUT2D eigenvalue weighted by atomic mass is 35.5. The van der Waals surface area contributed by atoms with Crippen molar-refractivity contribution in [1.29, 1.82) is 0 Å². The molecule has 0 radical (unpaired) electrons. The van der Waals surface area contributed by atoms with E-state index in [1.807, 2.05) is 60.7 Å². The smallest absolute Gasteiger partial charge is 0.219 e. The van der Waals surface area contributed by atoms with Crippen LogP contribution in [-0.2, 0) is 33.1 Å². The predicted molar refractivity (Wildman–Crippen MR) is 136 cm³/mol. The normalized spacial score (nSPS) is 20.4. The number of ether oxygens (including phenoxy) is 2. The van der Waals surface area contributed by atoms with Crippen molar-refractivity contribution in [3.05, 3.63) is 105 Å². The topological polar surface area (TPSA) is 38.8 Å². The highest BCUT2D eigenvalue weighted by Gasteiger charge is 2.47. The van der Waals surface area contributed by atoms with Crippen molar-refractivity contribution < 1.29 is 14.3 Å². The number of hydrogen-bond acceptors (Lipinski definition) is 3. The van der Waals surface area contributed by atoms with E-state index in [0.29, 0.717) is 47.8 Å². The molecule has 7 heteroatoms. The number of benzene rings is 3. The van der Waals surface area contributed by atoms with Gasteiger partial charge in [-0.15, -0.1) is 0 Å². The quantitative estimate of drug-likeness (QED) is 0.342. The number of amides is 1. The molecule has 3 aromatic carbocycles. The van der Waals surface area contributed by atoms with Crippen molar-refractivity contribution in [3.8, 4) is 0 Å². The van der Waals surface area contributed by atoms with Crippen LogP contribution in [0.5, 0.6) is 0 Å². The fraction of sp³-hybridized carbons (Fsp3) is 0.296. The number of nitrogens with zero attached hydrogens (tertiary/aromatic N) is 1. The first-order valence-corrected chi connectivity index (χ1v) is 12.3. The SMILES string of the molecule is CC(=O)N1CC[C@@](OCc2ccccc2)(c2ccc(Cl)cc2)[C@@H](OCc2ccc(Cl)c(Cl)c2)C1. The van der Waals surface area contributed by atoms with Crippen molar-refractivity contribution in [3.63, 3.8) is 0 Å². The highest BCUT2D eigenvalue weighted by Crippen LogP contribution is 2.40. The van der Waals surface area contributed by atoms with Crippen LogP contribution in [0.15, 0.2) is 72.8 Å². The van der Waals surface area contributed by atoms with Crippen LogP contribution < -0.4 is 0 Å². The van der Waals surface area contributed by atoms with Crippen LogP contribution in [0, 0.1) is 0 Å². The van der Waals surface area contributed by atoms with Gasteiger partial charge in [0.1, 0.15) is 11.7 Å². The Bertz CT molecular complexity index is 1120. The Morgan fingerprint density at radius 1 is 0.941 bits per heavy atom. The third-order valence-corrected chi connectivity index (χ3v) is 7.20. The Kier molecular flexibility index (Phi) is 8.18. The summed E-state index contributed by atoms with van der Waals surface area (Å²) in [5, 5.41) is 1.62. The van der Waals surface area contributed by atoms with E-state index in [-0.39, 0.29) is 5.91 Å². The summed E-state index contributed by atoms with van der Waals surface area (Å²) < 4.78 is 13.2. The molecule has 1 heterocycles. The van der Waals surface area contributed by atoms with Crippen LogP contribution in [0.2, 0.25) is 15.1 Å². The zero-order valence-corrected chi connectivity index (χ0v) is 21.1. The molecule has 0 unspecified atom stereocenters. The van der Waals surface area contributed by atoms with E-state index in [4.69, 9.17) is 44.3 Å². The van der Waals surface area contributed by atoms with E-state index >= 15 is 0 Å². The Morgan fingerprint density at radius 3 is 2.35 bits per heavy atom. The minimum absolute atomic E-state index is 0.0101. The Balaban J connectivity index is 1.67. The molecule has 1 aliphatic heterocycles. The van der Waals surface area contributed by atoms with Crippen LogP contribution in [0.1, 0.15) is 30.0 Å². The van der Waals surface area contributed by atoms with Crippen molar-refractivity contribution in [1.82, 2.24) is 4.90 Å². The van der Waals surface area contributed by atoms with Gasteiger partial charge in [-0.3, -0.25) is 4.79 Å². The summed E-state index contributed by atoms with van der Waals surface area (Å²) in [7, 11) is 0. The molecule has 1 saturated heterocycles. The van der Waals surface area contributed by atoms with E-state index in [1.165, 1.54) is 0 Å². The zero-order chi connectivity index (χ0) is 24.1. The second-order valence-electron chi connectivity index (χ2n) is 8.43. The third-order valence-electron chi connectivity index (χ3n) is 6.21. The lowest BCUT2D eigenvalue weighted by atomic mass is 9.81. The molecule has 0 spiro atoms. The highest BCUT2D eigenvalue weighted by molar-refractivity contribution is 6.42. The van der Waals surface area contributed by atoms with Crippen LogP contribution in [0.25, 0.3) is 0 Å². The van der Waals surface area contributed by atoms with E-state index in [1.54, 1.807) is 24.0 Å². The van der Waals surface area contributed by atoms with Gasteiger partial charge >= 0.3 is 0 Å². The average molecular weight is 519 g/mol. The third kappa shape index (κ3) is 5.76. The largest absolute Gasteiger partial charge is 0.368 e. The van der Waals surface area contributed by atoms with Crippen molar-refractivity contribution >= 4 is 40.7 Å². The number of rotatable bonds is 7. The van der Waals surface area contributed by atoms with Gasteiger partial charge in [0.15, 0.2) is 0 Å². The number of carbonyl (C=O) groups excluding carboxylic acids is 1. The van der Waals surface area contributed by atoms with Gasteiger partial charge in [-0.05, 0) is 41.0 Å². The molecule has 0 N–H and O–H groups in total. The maximum atomic E-state index is 12.3. The first kappa shape index (κ1) is 25.0. The maximum absolute atomic E-state index is 12.3. The van der Waals surface area contributed by atoms with Crippen molar-refractivity contribution in [2.45, 2.75) is 38.3 Å². The molecule has 0 saturated carbocycles. The average Bonchev–Trinajstić information content (AvgIpc) is 2.84. The lowest BCUT2D eigenvalue weighted by Gasteiger charge is -2.47. The molecule has 34 heavy (non-hydrogen) atoms. The first-order chi connectivity index (χ1) is 16.4. The van der Waals surface area contributed by atoms with E-state index < -0.39 is 11.7 Å². The summed E-state index contributed by atoms with van der Waals surface area (Å²) in [6, 6.07) is 23.1. The Labute approximate surface area is 215 Å². The van der Waals surface area contributed by atoms with Gasteiger partial charge in [0.25, 0.3) is 0 Å². The molecular formula is C27H26Cl3NO3. The molecule has 4 nitrogen and oxygen atoms in total. The molecule has 178 valence electrons. The van der Waals surface area contributed by atoms with E-state index in [2.05, 4.69) is 0 Å². The molecule has 1 fully saturated rings. The molecule has 1 amide bonds. The second kappa shape index (κ2) is 11.1. The van der Waals surface area contributed by atoms with Crippen LogP contribution >= 0.6 is 34.8 Å². The summed E-state index contributed by atoms with van der Waals surface area (Å²) >= 11 is 18.5. The molecule has 3 aromatic rings. The summed E-state index contributed by atoms with van der Waals surface area (Å²) in [6.07, 6.45) is 0.178. The summed E-state index contributed by atoms with van der Waals surface area (Å²) in [6.45, 7) is 3.27. The number of carbonyl (C=O) groups is 1. The molecule has 4 rings (SSSR count). The van der Waals surface area contributed by atoms with Gasteiger partial charge in [-0.1, -0.05) is 83.3 Å². The number of piperidine rings is 1. The van der Waals surface area contributed by atoms with Crippen LogP contribution in [-0.4, -0.2) is 30.0 Å². The zero-order valence-electron chi connectivity index (χ0n) is 18.8. The Hall–Kier alpha value is -2.08. The second-order valence-corrected chi connectivity index (χ2v) is 9.68.